The molecule has 0 aliphatic heterocycles. The number of hydrogen-bond donors (Lipinski definition) is 2. The molecule has 0 fully saturated rings. The number of nitrogens with two attached hydrogens (primary N) is 1. The smallest absolute Gasteiger partial charge is 0.258 e. The van der Waals surface area contributed by atoms with Crippen molar-refractivity contribution in [1.29, 1.82) is 0 Å². The summed E-state index contributed by atoms with van der Waals surface area (Å²) >= 11 is 0. The lowest BCUT2D eigenvalue weighted by Gasteiger charge is -2.09. The van der Waals surface area contributed by atoms with Crippen LogP contribution >= 0.6 is 0 Å². The standard InChI is InChI=1S/C13H10F3N3O/c1-6-4-9(15)10(5-8(6)14)19-13(20)7-2-3-18-12(17)11(7)16/h2-5H,1H3,(H2,17,18)(H,19,20). The van der Waals surface area contributed by atoms with Crippen molar-refractivity contribution in [2.45, 2.75) is 6.92 Å². The summed E-state index contributed by atoms with van der Waals surface area (Å²) in [6.07, 6.45) is 1.14. The lowest BCUT2D eigenvalue weighted by Crippen LogP contribution is -2.16. The van der Waals surface area contributed by atoms with Gasteiger partial charge in [0.2, 0.25) is 0 Å². The second-order valence-corrected chi connectivity index (χ2v) is 4.09. The second-order valence-electron chi connectivity index (χ2n) is 4.09. The zero-order chi connectivity index (χ0) is 14.9. The molecule has 0 atom stereocenters. The topological polar surface area (TPSA) is 68.0 Å². The van der Waals surface area contributed by atoms with Crippen LogP contribution in [0, 0.1) is 24.4 Å². The molecule has 1 aromatic heterocycles. The van der Waals surface area contributed by atoms with E-state index in [2.05, 4.69) is 10.3 Å². The predicted octanol–water partition coefficient (Wildman–Crippen LogP) is 2.64. The number of aromatic nitrogens is 1. The van der Waals surface area contributed by atoms with Gasteiger partial charge < -0.3 is 11.1 Å². The lowest BCUT2D eigenvalue weighted by atomic mass is 10.2. The van der Waals surface area contributed by atoms with Gasteiger partial charge in [0.05, 0.1) is 11.3 Å². The van der Waals surface area contributed by atoms with Crippen molar-refractivity contribution in [1.82, 2.24) is 4.98 Å². The van der Waals surface area contributed by atoms with Crippen LogP contribution in [0.2, 0.25) is 0 Å². The van der Waals surface area contributed by atoms with Crippen molar-refractivity contribution < 1.29 is 18.0 Å². The van der Waals surface area contributed by atoms with Gasteiger partial charge in [-0.25, -0.2) is 18.2 Å². The van der Waals surface area contributed by atoms with Crippen molar-refractivity contribution >= 4 is 17.4 Å². The van der Waals surface area contributed by atoms with Crippen LogP contribution in [-0.4, -0.2) is 10.9 Å². The average Bonchev–Trinajstić information content (AvgIpc) is 2.39. The molecule has 2 rings (SSSR count). The first-order chi connectivity index (χ1) is 9.40. The van der Waals surface area contributed by atoms with Crippen LogP contribution in [0.15, 0.2) is 24.4 Å². The fourth-order valence-corrected chi connectivity index (χ4v) is 1.57. The summed E-state index contributed by atoms with van der Waals surface area (Å²) in [7, 11) is 0. The molecule has 3 N–H and O–H groups in total. The van der Waals surface area contributed by atoms with Gasteiger partial charge >= 0.3 is 0 Å². The van der Waals surface area contributed by atoms with Crippen LogP contribution in [0.5, 0.6) is 0 Å². The molecule has 20 heavy (non-hydrogen) atoms. The predicted molar refractivity (Wildman–Crippen MR) is 67.7 cm³/mol. The van der Waals surface area contributed by atoms with Crippen molar-refractivity contribution in [3.05, 3.63) is 53.0 Å². The Bertz CT molecular complexity index is 689. The minimum absolute atomic E-state index is 0.0971. The van der Waals surface area contributed by atoms with Crippen LogP contribution in [0.25, 0.3) is 0 Å². The quantitative estimate of drug-likeness (QED) is 0.889. The molecule has 1 amide bonds. The molecule has 104 valence electrons. The molecule has 0 saturated carbocycles. The van der Waals surface area contributed by atoms with E-state index in [1.54, 1.807) is 0 Å². The van der Waals surface area contributed by atoms with E-state index in [9.17, 15) is 18.0 Å². The molecule has 0 unspecified atom stereocenters. The minimum atomic E-state index is -1.02. The number of nitrogens with zero attached hydrogens (tertiary/aromatic N) is 1. The third-order valence-electron chi connectivity index (χ3n) is 2.66. The Morgan fingerprint density at radius 3 is 2.65 bits per heavy atom. The van der Waals surface area contributed by atoms with Crippen LogP contribution in [-0.2, 0) is 0 Å². The highest BCUT2D eigenvalue weighted by atomic mass is 19.1. The molecule has 0 bridgehead atoms. The number of aryl methyl sites for hydroxylation is 1. The number of nitrogen functional groups attached to an aromatic ring is 1. The molecule has 7 heteroatoms. The Hall–Kier alpha value is -2.57. The van der Waals surface area contributed by atoms with Gasteiger partial charge in [0.1, 0.15) is 11.6 Å². The third kappa shape index (κ3) is 2.56. The van der Waals surface area contributed by atoms with Crippen LogP contribution in [0.1, 0.15) is 15.9 Å². The largest absolute Gasteiger partial charge is 0.381 e. The van der Waals surface area contributed by atoms with Gasteiger partial charge in [-0.1, -0.05) is 0 Å². The van der Waals surface area contributed by atoms with Crippen LogP contribution < -0.4 is 11.1 Å². The highest BCUT2D eigenvalue weighted by molar-refractivity contribution is 6.04. The summed E-state index contributed by atoms with van der Waals surface area (Å²) in [6, 6.07) is 2.84. The molecule has 0 spiro atoms. The normalized spacial score (nSPS) is 10.4. The Labute approximate surface area is 112 Å². The van der Waals surface area contributed by atoms with E-state index in [1.807, 2.05) is 0 Å². The molecule has 0 aliphatic rings. The molecule has 4 nitrogen and oxygen atoms in total. The van der Waals surface area contributed by atoms with E-state index in [-0.39, 0.29) is 11.3 Å². The number of pyridine rings is 1. The van der Waals surface area contributed by atoms with Gasteiger partial charge in [0.15, 0.2) is 11.6 Å². The van der Waals surface area contributed by atoms with E-state index in [0.717, 1.165) is 24.4 Å². The number of carbonyl (C=O) groups is 1. The maximum Gasteiger partial charge on any atom is 0.258 e. The number of benzene rings is 1. The van der Waals surface area contributed by atoms with Crippen molar-refractivity contribution in [2.24, 2.45) is 0 Å². The Kier molecular flexibility index (Phi) is 3.60. The number of nitrogens with one attached hydrogen (secondary N) is 1. The zero-order valence-electron chi connectivity index (χ0n) is 10.4. The number of carbonyl (C=O) groups excluding carboxylic acids is 1. The van der Waals surface area contributed by atoms with Gasteiger partial charge in [0.25, 0.3) is 5.91 Å². The number of amides is 1. The zero-order valence-corrected chi connectivity index (χ0v) is 10.4. The molecule has 0 radical (unpaired) electrons. The molecule has 1 heterocycles. The summed E-state index contributed by atoms with van der Waals surface area (Å²) in [5, 5.41) is 2.09. The van der Waals surface area contributed by atoms with Gasteiger partial charge in [-0.15, -0.1) is 0 Å². The molecular weight excluding hydrogens is 271 g/mol. The summed E-state index contributed by atoms with van der Waals surface area (Å²) < 4.78 is 40.5. The van der Waals surface area contributed by atoms with E-state index in [1.165, 1.54) is 6.92 Å². The maximum absolute atomic E-state index is 13.6. The van der Waals surface area contributed by atoms with E-state index >= 15 is 0 Å². The summed E-state index contributed by atoms with van der Waals surface area (Å²) in [5.41, 5.74) is 4.54. The van der Waals surface area contributed by atoms with Crippen molar-refractivity contribution in [2.75, 3.05) is 11.1 Å². The molecule has 2 aromatic rings. The fraction of sp³-hybridized carbons (Fsp3) is 0.0769. The first kappa shape index (κ1) is 13.9. The fourth-order valence-electron chi connectivity index (χ4n) is 1.57. The molecule has 0 aliphatic carbocycles. The number of hydrogen-bond acceptors (Lipinski definition) is 3. The van der Waals surface area contributed by atoms with Crippen LogP contribution in [0.4, 0.5) is 24.7 Å². The molecule has 1 aromatic carbocycles. The average molecular weight is 281 g/mol. The highest BCUT2D eigenvalue weighted by Crippen LogP contribution is 2.20. The Balaban J connectivity index is 2.33. The lowest BCUT2D eigenvalue weighted by molar-refractivity contribution is 0.102. The minimum Gasteiger partial charge on any atom is -0.381 e. The van der Waals surface area contributed by atoms with Gasteiger partial charge in [-0.3, -0.25) is 4.79 Å². The third-order valence-corrected chi connectivity index (χ3v) is 2.66. The first-order valence-electron chi connectivity index (χ1n) is 5.57. The molecular formula is C13H10F3N3O. The summed E-state index contributed by atoms with van der Waals surface area (Å²) in [6.45, 7) is 1.38. The first-order valence-corrected chi connectivity index (χ1v) is 5.57. The highest BCUT2D eigenvalue weighted by Gasteiger charge is 2.17. The number of rotatable bonds is 2. The summed E-state index contributed by atoms with van der Waals surface area (Å²) in [5.74, 6) is -3.92. The van der Waals surface area contributed by atoms with Crippen molar-refractivity contribution in [3.8, 4) is 0 Å². The monoisotopic (exact) mass is 281 g/mol. The van der Waals surface area contributed by atoms with E-state index in [4.69, 9.17) is 5.73 Å². The Morgan fingerprint density at radius 1 is 1.25 bits per heavy atom. The second kappa shape index (κ2) is 5.20. The van der Waals surface area contributed by atoms with Gasteiger partial charge in [-0.2, -0.15) is 0 Å². The van der Waals surface area contributed by atoms with Gasteiger partial charge in [-0.05, 0) is 24.6 Å². The van der Waals surface area contributed by atoms with Gasteiger partial charge in [0, 0.05) is 12.3 Å². The number of anilines is 2. The van der Waals surface area contributed by atoms with E-state index in [0.29, 0.717) is 0 Å². The van der Waals surface area contributed by atoms with E-state index < -0.39 is 34.7 Å². The molecule has 0 saturated heterocycles. The Morgan fingerprint density at radius 2 is 1.95 bits per heavy atom. The van der Waals surface area contributed by atoms with Crippen LogP contribution in [0.3, 0.4) is 0 Å². The SMILES string of the molecule is Cc1cc(F)c(NC(=O)c2ccnc(N)c2F)cc1F. The number of halogens is 3. The van der Waals surface area contributed by atoms with Crippen molar-refractivity contribution in [3.63, 3.8) is 0 Å². The maximum atomic E-state index is 13.6. The summed E-state index contributed by atoms with van der Waals surface area (Å²) in [4.78, 5) is 15.3.